The van der Waals surface area contributed by atoms with E-state index in [-0.39, 0.29) is 12.7 Å². The zero-order valence-corrected chi connectivity index (χ0v) is 10.8. The number of aliphatic hydroxyl groups excluding tert-OH is 2. The minimum absolute atomic E-state index is 0.0693. The predicted octanol–water partition coefficient (Wildman–Crippen LogP) is 1.72. The number of rotatable bonds is 2. The maximum Gasteiger partial charge on any atom is 0.129 e. The number of hydrogen-bond acceptors (Lipinski definition) is 4. The Morgan fingerprint density at radius 2 is 2.00 bits per heavy atom. The minimum atomic E-state index is -0.177. The lowest BCUT2D eigenvalue weighted by Crippen LogP contribution is -2.45. The molecule has 2 unspecified atom stereocenters. The van der Waals surface area contributed by atoms with Gasteiger partial charge in [-0.05, 0) is 31.7 Å². The number of nitrogens with zero attached hydrogens (tertiary/aromatic N) is 2. The standard InChI is InChI=1S/C13H17ClN2O2/c14-12-6-15-13(3-8(12)7-17)16-9-1-2-10(16)5-11(18)4-9/h3,6,9-11,17-18H,1-2,4-5,7H2. The van der Waals surface area contributed by atoms with Crippen molar-refractivity contribution in [3.63, 3.8) is 0 Å². The second-order valence-electron chi connectivity index (χ2n) is 5.21. The molecule has 0 aliphatic carbocycles. The first-order valence-corrected chi connectivity index (χ1v) is 6.78. The maximum atomic E-state index is 9.79. The summed E-state index contributed by atoms with van der Waals surface area (Å²) < 4.78 is 0. The number of anilines is 1. The van der Waals surface area contributed by atoms with Crippen molar-refractivity contribution in [2.24, 2.45) is 0 Å². The van der Waals surface area contributed by atoms with Crippen molar-refractivity contribution in [3.8, 4) is 0 Å². The molecule has 0 saturated carbocycles. The quantitative estimate of drug-likeness (QED) is 0.858. The summed E-state index contributed by atoms with van der Waals surface area (Å²) in [6, 6.07) is 2.61. The highest BCUT2D eigenvalue weighted by atomic mass is 35.5. The normalized spacial score (nSPS) is 30.8. The average Bonchev–Trinajstić information content (AvgIpc) is 2.63. The predicted molar refractivity (Wildman–Crippen MR) is 69.7 cm³/mol. The molecule has 2 aliphatic heterocycles. The molecular formula is C13H17ClN2O2. The minimum Gasteiger partial charge on any atom is -0.393 e. The fourth-order valence-electron chi connectivity index (χ4n) is 3.25. The molecule has 2 saturated heterocycles. The van der Waals surface area contributed by atoms with Gasteiger partial charge in [-0.2, -0.15) is 0 Å². The van der Waals surface area contributed by atoms with Crippen LogP contribution in [0.2, 0.25) is 5.02 Å². The molecule has 4 nitrogen and oxygen atoms in total. The van der Waals surface area contributed by atoms with Gasteiger partial charge in [0.1, 0.15) is 5.82 Å². The zero-order valence-electron chi connectivity index (χ0n) is 10.1. The van der Waals surface area contributed by atoms with Crippen LogP contribution in [0.25, 0.3) is 0 Å². The van der Waals surface area contributed by atoms with Crippen molar-refractivity contribution < 1.29 is 10.2 Å². The Morgan fingerprint density at radius 3 is 2.61 bits per heavy atom. The summed E-state index contributed by atoms with van der Waals surface area (Å²) >= 11 is 5.97. The summed E-state index contributed by atoms with van der Waals surface area (Å²) in [7, 11) is 0. The Kier molecular flexibility index (Phi) is 3.18. The van der Waals surface area contributed by atoms with Gasteiger partial charge in [0, 0.05) is 23.8 Å². The lowest BCUT2D eigenvalue weighted by molar-refractivity contribution is 0.126. The highest BCUT2D eigenvalue weighted by molar-refractivity contribution is 6.31. The van der Waals surface area contributed by atoms with Gasteiger partial charge in [0.15, 0.2) is 0 Å². The first-order chi connectivity index (χ1) is 8.69. The number of fused-ring (bicyclic) bond motifs is 2. The molecule has 0 aromatic carbocycles. The van der Waals surface area contributed by atoms with E-state index < -0.39 is 0 Å². The molecule has 2 atom stereocenters. The molecule has 0 amide bonds. The Bertz CT molecular complexity index is 441. The van der Waals surface area contributed by atoms with Gasteiger partial charge in [0.2, 0.25) is 0 Å². The highest BCUT2D eigenvalue weighted by Crippen LogP contribution is 2.39. The van der Waals surface area contributed by atoms with Crippen LogP contribution in [0.3, 0.4) is 0 Å². The number of aliphatic hydroxyl groups is 2. The Labute approximate surface area is 111 Å². The topological polar surface area (TPSA) is 56.6 Å². The van der Waals surface area contributed by atoms with Crippen LogP contribution in [-0.4, -0.2) is 33.4 Å². The summed E-state index contributed by atoms with van der Waals surface area (Å²) in [5.41, 5.74) is 0.715. The average molecular weight is 269 g/mol. The molecule has 2 N–H and O–H groups in total. The first kappa shape index (κ1) is 12.2. The van der Waals surface area contributed by atoms with Crippen LogP contribution in [0.4, 0.5) is 5.82 Å². The molecule has 5 heteroatoms. The van der Waals surface area contributed by atoms with Gasteiger partial charge in [-0.15, -0.1) is 0 Å². The fraction of sp³-hybridized carbons (Fsp3) is 0.615. The monoisotopic (exact) mass is 268 g/mol. The van der Waals surface area contributed by atoms with Crippen LogP contribution in [0.15, 0.2) is 12.3 Å². The van der Waals surface area contributed by atoms with E-state index >= 15 is 0 Å². The van der Waals surface area contributed by atoms with Crippen LogP contribution >= 0.6 is 11.6 Å². The lowest BCUT2D eigenvalue weighted by atomic mass is 10.00. The molecule has 2 fully saturated rings. The van der Waals surface area contributed by atoms with Crippen LogP contribution in [-0.2, 0) is 6.61 Å². The Hall–Kier alpha value is -0.840. The molecule has 3 heterocycles. The Morgan fingerprint density at radius 1 is 1.33 bits per heavy atom. The third-order valence-corrected chi connectivity index (χ3v) is 4.40. The van der Waals surface area contributed by atoms with Gasteiger partial charge in [-0.25, -0.2) is 4.98 Å². The second-order valence-corrected chi connectivity index (χ2v) is 5.62. The molecule has 18 heavy (non-hydrogen) atoms. The van der Waals surface area contributed by atoms with Crippen molar-refractivity contribution in [1.29, 1.82) is 0 Å². The molecule has 2 bridgehead atoms. The van der Waals surface area contributed by atoms with Gasteiger partial charge in [-0.1, -0.05) is 11.6 Å². The SMILES string of the molecule is OCc1cc(N2C3CCC2CC(O)C3)ncc1Cl. The van der Waals surface area contributed by atoms with E-state index in [2.05, 4.69) is 9.88 Å². The van der Waals surface area contributed by atoms with E-state index in [1.165, 1.54) is 0 Å². The van der Waals surface area contributed by atoms with E-state index in [0.717, 1.165) is 31.5 Å². The van der Waals surface area contributed by atoms with Gasteiger partial charge >= 0.3 is 0 Å². The van der Waals surface area contributed by atoms with Crippen LogP contribution in [0.5, 0.6) is 0 Å². The second kappa shape index (κ2) is 4.68. The molecular weight excluding hydrogens is 252 g/mol. The summed E-state index contributed by atoms with van der Waals surface area (Å²) in [6.45, 7) is -0.0693. The lowest BCUT2D eigenvalue weighted by Gasteiger charge is -2.38. The molecule has 1 aromatic rings. The van der Waals surface area contributed by atoms with Crippen molar-refractivity contribution in [3.05, 3.63) is 22.8 Å². The number of pyridine rings is 1. The summed E-state index contributed by atoms with van der Waals surface area (Å²) in [5, 5.41) is 19.6. The van der Waals surface area contributed by atoms with E-state index in [4.69, 9.17) is 11.6 Å². The number of piperidine rings is 1. The molecule has 0 spiro atoms. The van der Waals surface area contributed by atoms with Crippen molar-refractivity contribution >= 4 is 17.4 Å². The van der Waals surface area contributed by atoms with Gasteiger partial charge in [-0.3, -0.25) is 0 Å². The van der Waals surface area contributed by atoms with E-state index in [1.54, 1.807) is 6.20 Å². The van der Waals surface area contributed by atoms with Crippen molar-refractivity contribution in [1.82, 2.24) is 4.98 Å². The molecule has 3 rings (SSSR count). The van der Waals surface area contributed by atoms with Gasteiger partial charge in [0.05, 0.1) is 17.7 Å². The number of aromatic nitrogens is 1. The van der Waals surface area contributed by atoms with Crippen LogP contribution in [0, 0.1) is 0 Å². The number of halogens is 1. The molecule has 2 aliphatic rings. The summed E-state index contributed by atoms with van der Waals surface area (Å²) in [6.07, 6.45) is 5.28. The molecule has 0 radical (unpaired) electrons. The smallest absolute Gasteiger partial charge is 0.129 e. The third kappa shape index (κ3) is 1.98. The summed E-state index contributed by atoms with van der Waals surface area (Å²) in [5.74, 6) is 0.878. The maximum absolute atomic E-state index is 9.79. The third-order valence-electron chi connectivity index (χ3n) is 4.06. The fourth-order valence-corrected chi connectivity index (χ4v) is 3.42. The van der Waals surface area contributed by atoms with Gasteiger partial charge in [0.25, 0.3) is 0 Å². The van der Waals surface area contributed by atoms with Crippen molar-refractivity contribution in [2.45, 2.75) is 50.5 Å². The number of hydrogen-bond donors (Lipinski definition) is 2. The van der Waals surface area contributed by atoms with Crippen molar-refractivity contribution in [2.75, 3.05) is 4.90 Å². The van der Waals surface area contributed by atoms with Gasteiger partial charge < -0.3 is 15.1 Å². The van der Waals surface area contributed by atoms with E-state index in [1.807, 2.05) is 6.07 Å². The largest absolute Gasteiger partial charge is 0.393 e. The molecule has 1 aromatic heterocycles. The van der Waals surface area contributed by atoms with Crippen LogP contribution < -0.4 is 4.90 Å². The first-order valence-electron chi connectivity index (χ1n) is 6.40. The van der Waals surface area contributed by atoms with Crippen LogP contribution in [0.1, 0.15) is 31.2 Å². The van der Waals surface area contributed by atoms with E-state index in [9.17, 15) is 10.2 Å². The van der Waals surface area contributed by atoms with E-state index in [0.29, 0.717) is 22.7 Å². The highest BCUT2D eigenvalue weighted by Gasteiger charge is 2.40. The summed E-state index contributed by atoms with van der Waals surface area (Å²) in [4.78, 5) is 6.67. The Balaban J connectivity index is 1.91. The zero-order chi connectivity index (χ0) is 12.7. The molecule has 98 valence electrons.